The molecule has 0 aliphatic heterocycles. The highest BCUT2D eigenvalue weighted by molar-refractivity contribution is 7.71. The van der Waals surface area contributed by atoms with E-state index in [9.17, 15) is 4.79 Å². The summed E-state index contributed by atoms with van der Waals surface area (Å²) in [5.41, 5.74) is 1.23. The molecule has 0 unspecified atom stereocenters. The van der Waals surface area contributed by atoms with Crippen LogP contribution in [0.5, 0.6) is 0 Å². The zero-order valence-corrected chi connectivity index (χ0v) is 16.3. The summed E-state index contributed by atoms with van der Waals surface area (Å²) in [5, 5.41) is 0. The first-order valence-corrected chi connectivity index (χ1v) is 9.51. The van der Waals surface area contributed by atoms with E-state index in [2.05, 4.69) is 11.9 Å². The van der Waals surface area contributed by atoms with Crippen molar-refractivity contribution in [3.05, 3.63) is 20.9 Å². The summed E-state index contributed by atoms with van der Waals surface area (Å²) >= 11 is 5.33. The fourth-order valence-corrected chi connectivity index (χ4v) is 3.43. The van der Waals surface area contributed by atoms with E-state index in [0.29, 0.717) is 10.3 Å². The molecule has 2 rings (SSSR count). The van der Waals surface area contributed by atoms with E-state index in [1.54, 1.807) is 7.05 Å². The van der Waals surface area contributed by atoms with Crippen molar-refractivity contribution in [2.24, 2.45) is 21.1 Å². The molecule has 0 aliphatic carbocycles. The number of nitrogens with zero attached hydrogens (tertiary/aromatic N) is 4. The Morgan fingerprint density at radius 3 is 2.08 bits per heavy atom. The Hall–Kier alpha value is -1.43. The quantitative estimate of drug-likeness (QED) is 0.507. The van der Waals surface area contributed by atoms with Gasteiger partial charge in [0.25, 0.3) is 5.56 Å². The highest BCUT2D eigenvalue weighted by atomic mass is 32.1. The van der Waals surface area contributed by atoms with Gasteiger partial charge in [0.15, 0.2) is 10.3 Å². The summed E-state index contributed by atoms with van der Waals surface area (Å²) in [7, 11) is 5.58. The molecule has 0 atom stereocenters. The van der Waals surface area contributed by atoms with Gasteiger partial charge in [0.1, 0.15) is 11.5 Å². The van der Waals surface area contributed by atoms with Gasteiger partial charge in [-0.05, 0) is 18.6 Å². The number of hydrogen-bond acceptors (Lipinski definition) is 3. The minimum Gasteiger partial charge on any atom is -0.317 e. The van der Waals surface area contributed by atoms with Crippen LogP contribution in [-0.2, 0) is 27.6 Å². The molecule has 2 heterocycles. The van der Waals surface area contributed by atoms with Gasteiger partial charge in [-0.15, -0.1) is 0 Å². The number of unbranched alkanes of at least 4 members (excludes halogenated alkanes) is 7. The molecular weight excluding hydrogens is 320 g/mol. The summed E-state index contributed by atoms with van der Waals surface area (Å²) in [6.45, 7) is 2.25. The van der Waals surface area contributed by atoms with Crippen LogP contribution in [-0.4, -0.2) is 18.7 Å². The predicted octanol–water partition coefficient (Wildman–Crippen LogP) is 4.02. The second kappa shape index (κ2) is 8.60. The lowest BCUT2D eigenvalue weighted by molar-refractivity contribution is 0.569. The van der Waals surface area contributed by atoms with Crippen LogP contribution in [0, 0.1) is 4.77 Å². The Morgan fingerprint density at radius 1 is 0.875 bits per heavy atom. The number of aryl methyl sites for hydroxylation is 3. The number of hydrogen-bond donors (Lipinski definition) is 0. The lowest BCUT2D eigenvalue weighted by Gasteiger charge is -2.08. The Morgan fingerprint density at radius 2 is 1.46 bits per heavy atom. The second-order valence-electron chi connectivity index (χ2n) is 6.69. The van der Waals surface area contributed by atoms with Gasteiger partial charge in [0, 0.05) is 27.6 Å². The van der Waals surface area contributed by atoms with E-state index in [-0.39, 0.29) is 5.56 Å². The van der Waals surface area contributed by atoms with Crippen LogP contribution in [0.25, 0.3) is 11.2 Å². The Labute approximate surface area is 149 Å². The summed E-state index contributed by atoms with van der Waals surface area (Å²) in [4.78, 5) is 17.0. The zero-order valence-electron chi connectivity index (χ0n) is 15.5. The molecule has 0 saturated heterocycles. The van der Waals surface area contributed by atoms with Gasteiger partial charge in [0.2, 0.25) is 0 Å². The summed E-state index contributed by atoms with van der Waals surface area (Å²) in [5.74, 6) is 0.976. The van der Waals surface area contributed by atoms with Crippen LogP contribution in [0.4, 0.5) is 0 Å². The Kier molecular flexibility index (Phi) is 6.78. The molecule has 0 aromatic carbocycles. The molecule has 5 nitrogen and oxygen atoms in total. The highest BCUT2D eigenvalue weighted by Gasteiger charge is 2.15. The monoisotopic (exact) mass is 350 g/mol. The summed E-state index contributed by atoms with van der Waals surface area (Å²) < 4.78 is 5.91. The first-order valence-electron chi connectivity index (χ1n) is 9.10. The third-order valence-corrected chi connectivity index (χ3v) is 5.36. The maximum atomic E-state index is 12.4. The molecule has 0 N–H and O–H groups in total. The molecule has 0 bridgehead atoms. The minimum absolute atomic E-state index is 0.106. The van der Waals surface area contributed by atoms with Gasteiger partial charge in [-0.3, -0.25) is 9.36 Å². The zero-order chi connectivity index (χ0) is 17.7. The molecule has 0 aliphatic rings. The topological polar surface area (TPSA) is 44.8 Å². The maximum Gasteiger partial charge on any atom is 0.282 e. The average molecular weight is 351 g/mol. The van der Waals surface area contributed by atoms with Crippen molar-refractivity contribution in [2.75, 3.05) is 0 Å². The number of rotatable bonds is 9. The Bertz CT molecular complexity index is 800. The number of imidazole rings is 1. The van der Waals surface area contributed by atoms with E-state index in [4.69, 9.17) is 12.2 Å². The van der Waals surface area contributed by atoms with Crippen molar-refractivity contribution >= 4 is 23.4 Å². The van der Waals surface area contributed by atoms with Crippen LogP contribution >= 0.6 is 12.2 Å². The standard InChI is InChI=1S/C18H30N4OS/c1-5-6-7-8-9-10-11-12-13-14-19-15-16(20(14)2)21(3)18(24)22(4)17(15)23/h5-13H2,1-4H3. The lowest BCUT2D eigenvalue weighted by atomic mass is 10.1. The van der Waals surface area contributed by atoms with Gasteiger partial charge in [-0.25, -0.2) is 4.98 Å². The molecule has 2 aromatic rings. The third-order valence-electron chi connectivity index (χ3n) is 4.81. The predicted molar refractivity (Wildman–Crippen MR) is 102 cm³/mol. The van der Waals surface area contributed by atoms with Crippen LogP contribution in [0.15, 0.2) is 4.79 Å². The molecule has 24 heavy (non-hydrogen) atoms. The normalized spacial score (nSPS) is 11.5. The van der Waals surface area contributed by atoms with E-state index in [1.165, 1.54) is 49.5 Å². The van der Waals surface area contributed by atoms with Gasteiger partial charge in [0.05, 0.1) is 0 Å². The Balaban J connectivity index is 2.00. The molecule has 134 valence electrons. The molecule has 0 radical (unpaired) electrons. The van der Waals surface area contributed by atoms with Crippen LogP contribution in [0.3, 0.4) is 0 Å². The van der Waals surface area contributed by atoms with Crippen molar-refractivity contribution < 1.29 is 0 Å². The molecule has 2 aromatic heterocycles. The van der Waals surface area contributed by atoms with Gasteiger partial charge in [-0.1, -0.05) is 51.9 Å². The van der Waals surface area contributed by atoms with E-state index in [0.717, 1.165) is 24.3 Å². The van der Waals surface area contributed by atoms with E-state index in [1.807, 2.05) is 23.2 Å². The van der Waals surface area contributed by atoms with Crippen molar-refractivity contribution in [2.45, 2.75) is 64.7 Å². The van der Waals surface area contributed by atoms with Gasteiger partial charge < -0.3 is 9.13 Å². The highest BCUT2D eigenvalue weighted by Crippen LogP contribution is 2.15. The fourth-order valence-electron chi connectivity index (χ4n) is 3.26. The van der Waals surface area contributed by atoms with Crippen LogP contribution < -0.4 is 5.56 Å². The van der Waals surface area contributed by atoms with Crippen LogP contribution in [0.1, 0.15) is 64.1 Å². The van der Waals surface area contributed by atoms with E-state index >= 15 is 0 Å². The third kappa shape index (κ3) is 3.97. The first-order chi connectivity index (χ1) is 11.5. The SMILES string of the molecule is CCCCCCCCCCc1nc2c(=O)n(C)c(=S)n(C)c2n1C. The molecule has 0 saturated carbocycles. The van der Waals surface area contributed by atoms with Crippen molar-refractivity contribution in [1.82, 2.24) is 18.7 Å². The lowest BCUT2D eigenvalue weighted by Crippen LogP contribution is -2.22. The van der Waals surface area contributed by atoms with E-state index < -0.39 is 0 Å². The largest absolute Gasteiger partial charge is 0.317 e. The molecule has 0 spiro atoms. The average Bonchev–Trinajstić information content (AvgIpc) is 2.90. The maximum absolute atomic E-state index is 12.4. The van der Waals surface area contributed by atoms with Crippen molar-refractivity contribution in [1.29, 1.82) is 0 Å². The summed E-state index contributed by atoms with van der Waals surface area (Å²) in [6.07, 6.45) is 11.3. The minimum atomic E-state index is -0.106. The van der Waals surface area contributed by atoms with Crippen LogP contribution in [0.2, 0.25) is 0 Å². The molecular formula is C18H30N4OS. The smallest absolute Gasteiger partial charge is 0.282 e. The second-order valence-corrected chi connectivity index (χ2v) is 7.06. The molecule has 0 fully saturated rings. The van der Waals surface area contributed by atoms with Gasteiger partial charge in [-0.2, -0.15) is 0 Å². The molecule has 0 amide bonds. The van der Waals surface area contributed by atoms with Crippen molar-refractivity contribution in [3.63, 3.8) is 0 Å². The fraction of sp³-hybridized carbons (Fsp3) is 0.722. The number of aromatic nitrogens is 4. The van der Waals surface area contributed by atoms with Crippen molar-refractivity contribution in [3.8, 4) is 0 Å². The first kappa shape index (κ1) is 18.9. The summed E-state index contributed by atoms with van der Waals surface area (Å²) in [6, 6.07) is 0. The van der Waals surface area contributed by atoms with Gasteiger partial charge >= 0.3 is 0 Å². The number of fused-ring (bicyclic) bond motifs is 1. The molecule has 6 heteroatoms.